The number of carbonyl (C=O) groups is 1. The molecule has 11 nitrogen and oxygen atoms in total. The largest absolute Gasteiger partial charge is 0.497 e. The van der Waals surface area contributed by atoms with Gasteiger partial charge in [-0.15, -0.1) is 0 Å². The quantitative estimate of drug-likeness (QED) is 0.121. The Bertz CT molecular complexity index is 2050. The molecule has 0 radical (unpaired) electrons. The topological polar surface area (TPSA) is 121 Å². The Kier molecular flexibility index (Phi) is 11.3. The Morgan fingerprint density at radius 1 is 0.830 bits per heavy atom. The van der Waals surface area contributed by atoms with Crippen LogP contribution in [-0.4, -0.2) is 72.6 Å². The summed E-state index contributed by atoms with van der Waals surface area (Å²) in [6.45, 7) is 6.08. The van der Waals surface area contributed by atoms with Crippen molar-refractivity contribution < 1.29 is 28.5 Å². The first-order valence-electron chi connectivity index (χ1n) is 17.5. The fourth-order valence-electron chi connectivity index (χ4n) is 6.71. The lowest BCUT2D eigenvalue weighted by Crippen LogP contribution is -2.61. The number of benzene rings is 4. The van der Waals surface area contributed by atoms with Crippen molar-refractivity contribution >= 4 is 5.97 Å². The molecule has 1 saturated heterocycles. The first kappa shape index (κ1) is 37.3. The summed E-state index contributed by atoms with van der Waals surface area (Å²) in [4.78, 5) is 43.7. The third-order valence-electron chi connectivity index (χ3n) is 9.66. The number of aromatic amines is 1. The Morgan fingerprint density at radius 2 is 1.38 bits per heavy atom. The van der Waals surface area contributed by atoms with Crippen LogP contribution in [0.1, 0.15) is 52.7 Å². The van der Waals surface area contributed by atoms with E-state index in [1.165, 1.54) is 10.8 Å². The number of hydrogen-bond acceptors (Lipinski definition) is 9. The normalized spacial score (nSPS) is 17.7. The number of ether oxygens (including phenoxy) is 5. The highest BCUT2D eigenvalue weighted by Crippen LogP contribution is 2.43. The van der Waals surface area contributed by atoms with Crippen molar-refractivity contribution in [3.05, 3.63) is 164 Å². The van der Waals surface area contributed by atoms with Crippen molar-refractivity contribution in [3.8, 4) is 11.5 Å². The second-order valence-corrected chi connectivity index (χ2v) is 13.5. The molecule has 2 heterocycles. The van der Waals surface area contributed by atoms with Crippen LogP contribution >= 0.6 is 0 Å². The second kappa shape index (κ2) is 16.0. The van der Waals surface area contributed by atoms with Crippen molar-refractivity contribution in [2.75, 3.05) is 40.5 Å². The zero-order valence-corrected chi connectivity index (χ0v) is 30.6. The number of esters is 1. The van der Waals surface area contributed by atoms with Crippen molar-refractivity contribution in [1.29, 1.82) is 0 Å². The van der Waals surface area contributed by atoms with Crippen LogP contribution in [0, 0.1) is 6.92 Å². The minimum absolute atomic E-state index is 0.00668. The minimum Gasteiger partial charge on any atom is -0.497 e. The molecule has 0 aliphatic carbocycles. The molecule has 6 rings (SSSR count). The maximum Gasteiger partial charge on any atom is 0.338 e. The van der Waals surface area contributed by atoms with Gasteiger partial charge >= 0.3 is 11.7 Å². The van der Waals surface area contributed by atoms with Crippen LogP contribution in [0.3, 0.4) is 0 Å². The Hall–Kier alpha value is -5.49. The van der Waals surface area contributed by atoms with Crippen LogP contribution < -0.4 is 20.7 Å². The Labute approximate surface area is 308 Å². The van der Waals surface area contributed by atoms with Gasteiger partial charge in [-0.25, -0.2) is 9.59 Å². The third-order valence-corrected chi connectivity index (χ3v) is 9.66. The molecule has 1 aromatic heterocycles. The molecular weight excluding hydrogens is 674 g/mol. The molecule has 5 aromatic rings. The average Bonchev–Trinajstić information content (AvgIpc) is 3.19. The molecule has 2 atom stereocenters. The third kappa shape index (κ3) is 7.97. The molecular formula is C42H45N3O8. The molecule has 1 N–H and O–H groups in total. The van der Waals surface area contributed by atoms with Gasteiger partial charge in [0.1, 0.15) is 29.3 Å². The molecule has 0 saturated carbocycles. The number of H-pyrrole nitrogens is 1. The number of carbonyl (C=O) groups excluding carboxylic acids is 1. The van der Waals surface area contributed by atoms with E-state index in [9.17, 15) is 14.4 Å². The smallest absolute Gasteiger partial charge is 0.338 e. The summed E-state index contributed by atoms with van der Waals surface area (Å²) in [6.07, 6.45) is 0.640. The number of hydrogen-bond donors (Lipinski definition) is 1. The lowest BCUT2D eigenvalue weighted by molar-refractivity contribution is -0.233. The molecule has 276 valence electrons. The summed E-state index contributed by atoms with van der Waals surface area (Å²) < 4.78 is 32.7. The van der Waals surface area contributed by atoms with Gasteiger partial charge < -0.3 is 23.7 Å². The fourth-order valence-corrected chi connectivity index (χ4v) is 6.71. The zero-order valence-electron chi connectivity index (χ0n) is 30.6. The predicted molar refractivity (Wildman–Crippen MR) is 201 cm³/mol. The molecule has 0 amide bonds. The summed E-state index contributed by atoms with van der Waals surface area (Å²) in [5, 5.41) is 0. The maximum atomic E-state index is 13.5. The highest BCUT2D eigenvalue weighted by Gasteiger charge is 2.48. The molecule has 1 fully saturated rings. The number of aromatic nitrogens is 2. The van der Waals surface area contributed by atoms with Crippen molar-refractivity contribution in [3.63, 3.8) is 0 Å². The van der Waals surface area contributed by atoms with Crippen LogP contribution in [0.2, 0.25) is 0 Å². The van der Waals surface area contributed by atoms with E-state index in [0.717, 1.165) is 16.7 Å². The van der Waals surface area contributed by atoms with Gasteiger partial charge in [0.05, 0.1) is 26.4 Å². The van der Waals surface area contributed by atoms with E-state index in [-0.39, 0.29) is 19.3 Å². The minimum atomic E-state index is -1.31. The average molecular weight is 720 g/mol. The van der Waals surface area contributed by atoms with Gasteiger partial charge in [-0.3, -0.25) is 19.2 Å². The first-order valence-corrected chi connectivity index (χ1v) is 17.5. The molecule has 1 aliphatic rings. The standard InChI is InChI=1S/C42H45N3O8/c1-29(2)44-25-37(45-24-30(3)38(46)43-40(45)48)53-41(26-44,27-51-39(47)31-12-8-6-9-13-31)28-52-42(32-14-10-7-11-15-32,33-16-20-35(49-4)21-17-33)34-18-22-36(50-5)23-19-34/h6-24,29,37H,25-28H2,1-5H3,(H,43,46,48)/t37-,41+/m1/s1. The van der Waals surface area contributed by atoms with Crippen molar-refractivity contribution in [2.45, 2.75) is 44.2 Å². The van der Waals surface area contributed by atoms with Gasteiger partial charge in [0, 0.05) is 30.9 Å². The lowest BCUT2D eigenvalue weighted by Gasteiger charge is -2.48. The van der Waals surface area contributed by atoms with Crippen LogP contribution in [0.15, 0.2) is 125 Å². The van der Waals surface area contributed by atoms with E-state index in [1.54, 1.807) is 45.4 Å². The molecule has 11 heteroatoms. The van der Waals surface area contributed by atoms with E-state index < -0.39 is 34.6 Å². The van der Waals surface area contributed by atoms with E-state index >= 15 is 0 Å². The molecule has 0 bridgehead atoms. The summed E-state index contributed by atoms with van der Waals surface area (Å²) in [6, 6.07) is 34.0. The molecule has 4 aromatic carbocycles. The summed E-state index contributed by atoms with van der Waals surface area (Å²) in [5.41, 5.74) is -0.386. The number of nitrogens with one attached hydrogen (secondary N) is 1. The fraction of sp³-hybridized carbons (Fsp3) is 0.310. The van der Waals surface area contributed by atoms with Gasteiger partial charge in [0.25, 0.3) is 5.56 Å². The van der Waals surface area contributed by atoms with Gasteiger partial charge in [-0.05, 0) is 73.9 Å². The number of methoxy groups -OCH3 is 2. The lowest BCUT2D eigenvalue weighted by atomic mass is 9.79. The molecule has 53 heavy (non-hydrogen) atoms. The van der Waals surface area contributed by atoms with Gasteiger partial charge in [0.15, 0.2) is 6.23 Å². The predicted octanol–water partition coefficient (Wildman–Crippen LogP) is 5.71. The second-order valence-electron chi connectivity index (χ2n) is 13.5. The number of rotatable bonds is 13. The van der Waals surface area contributed by atoms with Crippen LogP contribution in [0.5, 0.6) is 11.5 Å². The monoisotopic (exact) mass is 719 g/mol. The Morgan fingerprint density at radius 3 is 1.92 bits per heavy atom. The molecule has 0 unspecified atom stereocenters. The zero-order chi connectivity index (χ0) is 37.6. The van der Waals surface area contributed by atoms with Crippen molar-refractivity contribution in [2.24, 2.45) is 0 Å². The van der Waals surface area contributed by atoms with Crippen LogP contribution in [-0.2, 0) is 19.8 Å². The SMILES string of the molecule is COc1ccc(C(OC[C@@]2(COC(=O)c3ccccc3)CN(C(C)C)C[C@H](n3cc(C)c(=O)[nH]c3=O)O2)(c2ccccc2)c2ccc(OC)cc2)cc1. The maximum absolute atomic E-state index is 13.5. The van der Waals surface area contributed by atoms with E-state index in [4.69, 9.17) is 23.7 Å². The van der Waals surface area contributed by atoms with Gasteiger partial charge in [-0.2, -0.15) is 0 Å². The van der Waals surface area contributed by atoms with Crippen molar-refractivity contribution in [1.82, 2.24) is 14.5 Å². The summed E-state index contributed by atoms with van der Waals surface area (Å²) in [7, 11) is 3.23. The number of nitrogens with zero attached hydrogens (tertiary/aromatic N) is 2. The molecule has 0 spiro atoms. The first-order chi connectivity index (χ1) is 25.6. The highest BCUT2D eigenvalue weighted by atomic mass is 16.6. The molecule has 1 aliphatic heterocycles. The van der Waals surface area contributed by atoms with Gasteiger partial charge in [0.2, 0.25) is 0 Å². The van der Waals surface area contributed by atoms with E-state index in [1.807, 2.05) is 98.8 Å². The van der Waals surface area contributed by atoms with E-state index in [0.29, 0.717) is 35.7 Å². The summed E-state index contributed by atoms with van der Waals surface area (Å²) >= 11 is 0. The van der Waals surface area contributed by atoms with Gasteiger partial charge in [-0.1, -0.05) is 72.8 Å². The van der Waals surface area contributed by atoms with E-state index in [2.05, 4.69) is 9.88 Å². The Balaban J connectivity index is 1.50. The van der Waals surface area contributed by atoms with Crippen LogP contribution in [0.4, 0.5) is 0 Å². The summed E-state index contributed by atoms with van der Waals surface area (Å²) in [5.74, 6) is 0.841. The number of aryl methyl sites for hydroxylation is 1. The highest BCUT2D eigenvalue weighted by molar-refractivity contribution is 5.89. The number of morpholine rings is 1. The van der Waals surface area contributed by atoms with Crippen LogP contribution in [0.25, 0.3) is 0 Å².